The van der Waals surface area contributed by atoms with Crippen LogP contribution in [0.15, 0.2) is 35.4 Å². The van der Waals surface area contributed by atoms with E-state index in [1.54, 1.807) is 30.3 Å². The fourth-order valence-corrected chi connectivity index (χ4v) is 2.34. The zero-order valence-corrected chi connectivity index (χ0v) is 12.5. The van der Waals surface area contributed by atoms with Gasteiger partial charge in [0.15, 0.2) is 11.8 Å². The molecule has 1 heterocycles. The molecule has 0 aromatic heterocycles. The van der Waals surface area contributed by atoms with Crippen LogP contribution in [-0.4, -0.2) is 43.7 Å². The van der Waals surface area contributed by atoms with Crippen LogP contribution in [0, 0.1) is 5.92 Å². The summed E-state index contributed by atoms with van der Waals surface area (Å²) in [5.74, 6) is -2.89. The summed E-state index contributed by atoms with van der Waals surface area (Å²) in [7, 11) is 2.41. The molecule has 7 nitrogen and oxygen atoms in total. The second kappa shape index (κ2) is 6.38. The van der Waals surface area contributed by atoms with Gasteiger partial charge in [-0.25, -0.2) is 9.80 Å². The maximum Gasteiger partial charge on any atom is 0.332 e. The summed E-state index contributed by atoms with van der Waals surface area (Å²) in [6, 6.07) is 7.70. The first-order valence-corrected chi connectivity index (χ1v) is 6.60. The van der Waals surface area contributed by atoms with Crippen molar-refractivity contribution in [1.29, 1.82) is 0 Å². The van der Waals surface area contributed by atoms with Crippen molar-refractivity contribution in [2.45, 2.75) is 13.0 Å². The lowest BCUT2D eigenvalue weighted by molar-refractivity contribution is -0.150. The second-order valence-corrected chi connectivity index (χ2v) is 4.69. The minimum atomic E-state index is -1.12. The lowest BCUT2D eigenvalue weighted by atomic mass is 9.93. The third kappa shape index (κ3) is 2.69. The van der Waals surface area contributed by atoms with Gasteiger partial charge in [-0.2, -0.15) is 5.10 Å². The molecule has 1 aromatic rings. The summed E-state index contributed by atoms with van der Waals surface area (Å²) in [6.45, 7) is 1.29. The summed E-state index contributed by atoms with van der Waals surface area (Å²) in [4.78, 5) is 36.0. The summed E-state index contributed by atoms with van der Waals surface area (Å²) < 4.78 is 9.48. The van der Waals surface area contributed by atoms with Gasteiger partial charge in [-0.1, -0.05) is 18.2 Å². The Morgan fingerprint density at radius 2 is 1.64 bits per heavy atom. The molecule has 7 heteroatoms. The average molecular weight is 304 g/mol. The highest BCUT2D eigenvalue weighted by Crippen LogP contribution is 2.30. The number of para-hydroxylation sites is 1. The molecule has 0 saturated carbocycles. The van der Waals surface area contributed by atoms with Gasteiger partial charge < -0.3 is 9.47 Å². The topological polar surface area (TPSA) is 85.3 Å². The number of hydrogen-bond donors (Lipinski definition) is 0. The maximum atomic E-state index is 12.1. The molecule has 0 saturated heterocycles. The predicted octanol–water partition coefficient (Wildman–Crippen LogP) is 0.782. The maximum absolute atomic E-state index is 12.1. The predicted molar refractivity (Wildman–Crippen MR) is 78.3 cm³/mol. The third-order valence-electron chi connectivity index (χ3n) is 3.37. The van der Waals surface area contributed by atoms with Gasteiger partial charge in [0, 0.05) is 6.92 Å². The van der Waals surface area contributed by atoms with E-state index >= 15 is 0 Å². The first kappa shape index (κ1) is 15.7. The Hall–Kier alpha value is -2.70. The number of benzene rings is 1. The number of ketones is 1. The van der Waals surface area contributed by atoms with Crippen molar-refractivity contribution < 1.29 is 23.9 Å². The van der Waals surface area contributed by atoms with Crippen molar-refractivity contribution in [3.8, 4) is 0 Å². The molecular weight excluding hydrogens is 288 g/mol. The van der Waals surface area contributed by atoms with Crippen molar-refractivity contribution in [3.05, 3.63) is 30.3 Å². The Labute approximate surface area is 127 Å². The summed E-state index contributed by atoms with van der Waals surface area (Å²) in [6.07, 6.45) is 0. The fraction of sp³-hybridized carbons (Fsp3) is 0.333. The summed E-state index contributed by atoms with van der Waals surface area (Å²) in [5.41, 5.74) is 0.550. The molecule has 0 N–H and O–H groups in total. The number of hydrogen-bond acceptors (Lipinski definition) is 7. The Balaban J connectivity index is 2.53. The van der Waals surface area contributed by atoms with Crippen LogP contribution < -0.4 is 5.01 Å². The summed E-state index contributed by atoms with van der Waals surface area (Å²) >= 11 is 0. The van der Waals surface area contributed by atoms with Crippen LogP contribution in [0.2, 0.25) is 0 Å². The molecule has 2 rings (SSSR count). The molecule has 0 aliphatic carbocycles. The van der Waals surface area contributed by atoms with E-state index in [1.165, 1.54) is 26.2 Å². The van der Waals surface area contributed by atoms with Crippen molar-refractivity contribution in [2.24, 2.45) is 11.0 Å². The monoisotopic (exact) mass is 304 g/mol. The average Bonchev–Trinajstić information content (AvgIpc) is 2.94. The molecule has 0 bridgehead atoms. The molecule has 1 aliphatic heterocycles. The van der Waals surface area contributed by atoms with Crippen LogP contribution in [0.4, 0.5) is 5.69 Å². The number of carbonyl (C=O) groups excluding carboxylic acids is 3. The number of rotatable bonds is 4. The van der Waals surface area contributed by atoms with E-state index in [0.717, 1.165) is 0 Å². The van der Waals surface area contributed by atoms with Crippen LogP contribution in [0.1, 0.15) is 6.92 Å². The van der Waals surface area contributed by atoms with Gasteiger partial charge in [-0.15, -0.1) is 0 Å². The molecule has 0 amide bonds. The molecule has 0 spiro atoms. The molecule has 1 aromatic carbocycles. The quantitative estimate of drug-likeness (QED) is 0.764. The third-order valence-corrected chi connectivity index (χ3v) is 3.37. The lowest BCUT2D eigenvalue weighted by Crippen LogP contribution is -2.45. The van der Waals surface area contributed by atoms with Crippen molar-refractivity contribution in [1.82, 2.24) is 0 Å². The van der Waals surface area contributed by atoms with Crippen LogP contribution in [0.25, 0.3) is 0 Å². The molecular formula is C15H16N2O5. The number of ether oxygens (including phenoxy) is 2. The second-order valence-electron chi connectivity index (χ2n) is 4.69. The Morgan fingerprint density at radius 1 is 1.05 bits per heavy atom. The minimum absolute atomic E-state index is 0.0221. The van der Waals surface area contributed by atoms with E-state index in [4.69, 9.17) is 9.47 Å². The van der Waals surface area contributed by atoms with E-state index in [1.807, 2.05) is 0 Å². The number of methoxy groups -OCH3 is 2. The Morgan fingerprint density at radius 3 is 2.14 bits per heavy atom. The van der Waals surface area contributed by atoms with E-state index in [0.29, 0.717) is 5.69 Å². The number of anilines is 1. The zero-order chi connectivity index (χ0) is 16.3. The number of nitrogens with zero attached hydrogens (tertiary/aromatic N) is 2. The fourth-order valence-electron chi connectivity index (χ4n) is 2.34. The van der Waals surface area contributed by atoms with Gasteiger partial charge in [-0.05, 0) is 12.1 Å². The van der Waals surface area contributed by atoms with Gasteiger partial charge in [0.25, 0.3) is 0 Å². The van der Waals surface area contributed by atoms with Crippen LogP contribution in [-0.2, 0) is 23.9 Å². The van der Waals surface area contributed by atoms with Crippen molar-refractivity contribution in [2.75, 3.05) is 19.2 Å². The molecule has 0 unspecified atom stereocenters. The highest BCUT2D eigenvalue weighted by molar-refractivity contribution is 6.44. The van der Waals surface area contributed by atoms with Crippen molar-refractivity contribution in [3.63, 3.8) is 0 Å². The highest BCUT2D eigenvalue weighted by atomic mass is 16.5. The number of hydrazone groups is 1. The molecule has 0 radical (unpaired) electrons. The number of esters is 2. The first-order chi connectivity index (χ1) is 10.5. The van der Waals surface area contributed by atoms with Gasteiger partial charge in [-0.3, -0.25) is 9.59 Å². The lowest BCUT2D eigenvalue weighted by Gasteiger charge is -2.24. The molecule has 22 heavy (non-hydrogen) atoms. The van der Waals surface area contributed by atoms with E-state index in [9.17, 15) is 14.4 Å². The van der Waals surface area contributed by atoms with Gasteiger partial charge >= 0.3 is 11.9 Å². The Kier molecular flexibility index (Phi) is 4.55. The highest BCUT2D eigenvalue weighted by Gasteiger charge is 2.49. The smallest absolute Gasteiger partial charge is 0.332 e. The molecule has 1 aliphatic rings. The molecule has 116 valence electrons. The Bertz CT molecular complexity index is 626. The molecule has 2 atom stereocenters. The van der Waals surface area contributed by atoms with Gasteiger partial charge in [0.05, 0.1) is 19.9 Å². The molecule has 0 fully saturated rings. The normalized spacial score (nSPS) is 20.3. The van der Waals surface area contributed by atoms with E-state index < -0.39 is 29.7 Å². The number of carbonyl (C=O) groups is 3. The zero-order valence-electron chi connectivity index (χ0n) is 12.5. The van der Waals surface area contributed by atoms with E-state index in [2.05, 4.69) is 5.10 Å². The standard InChI is InChI=1S/C15H16N2O5/c1-9(18)12-11(14(19)21-2)13(15(20)22-3)17(16-12)10-7-5-4-6-8-10/h4-8,11,13H,1-3H3/t11-,13-/m1/s1. The minimum Gasteiger partial charge on any atom is -0.468 e. The SMILES string of the molecule is COC(=O)[C@@H]1C(C(C)=O)=NN(c2ccccc2)[C@H]1C(=O)OC. The van der Waals surface area contributed by atoms with Gasteiger partial charge in [0.2, 0.25) is 0 Å². The van der Waals surface area contributed by atoms with Crippen LogP contribution in [0.3, 0.4) is 0 Å². The van der Waals surface area contributed by atoms with Crippen LogP contribution in [0.5, 0.6) is 0 Å². The van der Waals surface area contributed by atoms with Crippen molar-refractivity contribution >= 4 is 29.1 Å². The van der Waals surface area contributed by atoms with E-state index in [-0.39, 0.29) is 5.71 Å². The van der Waals surface area contributed by atoms with Gasteiger partial charge in [0.1, 0.15) is 11.6 Å². The number of Topliss-reactive ketones (excluding diaryl/α,β-unsaturated/α-hetero) is 1. The first-order valence-electron chi connectivity index (χ1n) is 6.60. The summed E-state index contributed by atoms with van der Waals surface area (Å²) in [5, 5.41) is 5.48. The van der Waals surface area contributed by atoms with Crippen LogP contribution >= 0.6 is 0 Å². The largest absolute Gasteiger partial charge is 0.468 e.